The number of carbonyl (C=O) groups is 1. The molecule has 0 aliphatic rings. The van der Waals surface area contributed by atoms with E-state index in [-0.39, 0.29) is 16.7 Å². The highest BCUT2D eigenvalue weighted by atomic mass is 16.4. The molecule has 88 valence electrons. The number of carboxylic acids is 1. The summed E-state index contributed by atoms with van der Waals surface area (Å²) >= 11 is 0. The summed E-state index contributed by atoms with van der Waals surface area (Å²) in [4.78, 5) is 11.1. The molecule has 1 rings (SSSR count). The molecule has 0 fully saturated rings. The van der Waals surface area contributed by atoms with Crippen molar-refractivity contribution in [2.24, 2.45) is 0 Å². The van der Waals surface area contributed by atoms with Crippen LogP contribution in [-0.2, 0) is 5.41 Å². The summed E-state index contributed by atoms with van der Waals surface area (Å²) in [6.07, 6.45) is 0. The Hall–Kier alpha value is -1.51. The highest BCUT2D eigenvalue weighted by Gasteiger charge is 2.23. The quantitative estimate of drug-likeness (QED) is 0.768. The van der Waals surface area contributed by atoms with Crippen LogP contribution >= 0.6 is 0 Å². The maximum Gasteiger partial charge on any atom is 0.335 e. The van der Waals surface area contributed by atoms with E-state index in [4.69, 9.17) is 5.11 Å². The number of phenols is 1. The van der Waals surface area contributed by atoms with Crippen LogP contribution < -0.4 is 0 Å². The molecule has 1 aromatic carbocycles. The zero-order valence-corrected chi connectivity index (χ0v) is 10.4. The van der Waals surface area contributed by atoms with E-state index in [1.165, 1.54) is 0 Å². The highest BCUT2D eigenvalue weighted by Crippen LogP contribution is 2.36. The smallest absolute Gasteiger partial charge is 0.335 e. The SMILES string of the molecule is Cc1c(C(=O)O)cc(C(C)(C)C)c(O)c1C. The Labute approximate surface area is 95.7 Å². The third-order valence-corrected chi connectivity index (χ3v) is 2.90. The van der Waals surface area contributed by atoms with Crippen LogP contribution in [0.4, 0.5) is 0 Å². The molecule has 1 aromatic rings. The number of aromatic hydroxyl groups is 1. The predicted molar refractivity (Wildman–Crippen MR) is 63.2 cm³/mol. The van der Waals surface area contributed by atoms with Crippen LogP contribution in [0.25, 0.3) is 0 Å². The van der Waals surface area contributed by atoms with Gasteiger partial charge in [-0.1, -0.05) is 20.8 Å². The van der Waals surface area contributed by atoms with E-state index in [9.17, 15) is 9.90 Å². The molecule has 16 heavy (non-hydrogen) atoms. The molecule has 0 aliphatic heterocycles. The van der Waals surface area contributed by atoms with E-state index >= 15 is 0 Å². The van der Waals surface area contributed by atoms with Gasteiger partial charge >= 0.3 is 5.97 Å². The Bertz CT molecular complexity index is 439. The Kier molecular flexibility index (Phi) is 2.99. The van der Waals surface area contributed by atoms with Crippen LogP contribution in [-0.4, -0.2) is 16.2 Å². The number of rotatable bonds is 1. The fourth-order valence-electron chi connectivity index (χ4n) is 1.70. The van der Waals surface area contributed by atoms with E-state index in [2.05, 4.69) is 0 Å². The minimum Gasteiger partial charge on any atom is -0.507 e. The summed E-state index contributed by atoms with van der Waals surface area (Å²) < 4.78 is 0. The second kappa shape index (κ2) is 3.81. The number of hydrogen-bond donors (Lipinski definition) is 2. The van der Waals surface area contributed by atoms with Gasteiger partial charge in [-0.2, -0.15) is 0 Å². The predicted octanol–water partition coefficient (Wildman–Crippen LogP) is 3.00. The Morgan fingerprint density at radius 3 is 2.06 bits per heavy atom. The van der Waals surface area contributed by atoms with Gasteiger partial charge in [-0.15, -0.1) is 0 Å². The second-order valence-electron chi connectivity index (χ2n) is 5.13. The van der Waals surface area contributed by atoms with Crippen molar-refractivity contribution in [1.29, 1.82) is 0 Å². The van der Waals surface area contributed by atoms with Crippen molar-refractivity contribution >= 4 is 5.97 Å². The van der Waals surface area contributed by atoms with E-state index in [0.29, 0.717) is 16.7 Å². The van der Waals surface area contributed by atoms with E-state index in [0.717, 1.165) is 0 Å². The van der Waals surface area contributed by atoms with Crippen molar-refractivity contribution in [1.82, 2.24) is 0 Å². The minimum atomic E-state index is -0.953. The Morgan fingerprint density at radius 2 is 1.69 bits per heavy atom. The summed E-state index contributed by atoms with van der Waals surface area (Å²) in [6.45, 7) is 9.30. The van der Waals surface area contributed by atoms with Gasteiger partial charge in [0.2, 0.25) is 0 Å². The monoisotopic (exact) mass is 222 g/mol. The molecule has 0 bridgehead atoms. The summed E-state index contributed by atoms with van der Waals surface area (Å²) in [5, 5.41) is 19.1. The largest absolute Gasteiger partial charge is 0.507 e. The number of benzene rings is 1. The fraction of sp³-hybridized carbons (Fsp3) is 0.462. The maximum atomic E-state index is 11.1. The Balaban J connectivity index is 3.61. The molecule has 3 nitrogen and oxygen atoms in total. The van der Waals surface area contributed by atoms with Crippen molar-refractivity contribution < 1.29 is 15.0 Å². The first-order valence-corrected chi connectivity index (χ1v) is 5.23. The summed E-state index contributed by atoms with van der Waals surface area (Å²) in [7, 11) is 0. The zero-order chi connectivity index (χ0) is 12.7. The number of aromatic carboxylic acids is 1. The normalized spacial score (nSPS) is 11.6. The third kappa shape index (κ3) is 2.03. The molecule has 0 amide bonds. The maximum absolute atomic E-state index is 11.1. The van der Waals surface area contributed by atoms with Crippen molar-refractivity contribution in [2.45, 2.75) is 40.0 Å². The average Bonchev–Trinajstić information content (AvgIpc) is 2.11. The van der Waals surface area contributed by atoms with Crippen LogP contribution in [0.15, 0.2) is 6.07 Å². The van der Waals surface area contributed by atoms with E-state index < -0.39 is 5.97 Å². The Morgan fingerprint density at radius 1 is 1.19 bits per heavy atom. The third-order valence-electron chi connectivity index (χ3n) is 2.90. The van der Waals surface area contributed by atoms with E-state index in [1.807, 2.05) is 20.8 Å². The second-order valence-corrected chi connectivity index (χ2v) is 5.13. The van der Waals surface area contributed by atoms with Crippen molar-refractivity contribution in [3.8, 4) is 5.75 Å². The molecule has 0 aromatic heterocycles. The van der Waals surface area contributed by atoms with Gasteiger partial charge in [0.05, 0.1) is 5.56 Å². The fourth-order valence-corrected chi connectivity index (χ4v) is 1.70. The standard InChI is InChI=1S/C13H18O3/c1-7-8(2)11(14)10(13(3,4)5)6-9(7)12(15)16/h6,14H,1-5H3,(H,15,16). The van der Waals surface area contributed by atoms with Gasteiger partial charge < -0.3 is 10.2 Å². The first-order chi connectivity index (χ1) is 7.16. The van der Waals surface area contributed by atoms with Crippen LogP contribution in [0.3, 0.4) is 0 Å². The summed E-state index contributed by atoms with van der Waals surface area (Å²) in [5.74, 6) is -0.749. The van der Waals surface area contributed by atoms with Gasteiger partial charge in [0.1, 0.15) is 5.75 Å². The van der Waals surface area contributed by atoms with Crippen molar-refractivity contribution in [2.75, 3.05) is 0 Å². The van der Waals surface area contributed by atoms with Crippen molar-refractivity contribution in [3.05, 3.63) is 28.3 Å². The van der Waals surface area contributed by atoms with Gasteiger partial charge in [-0.25, -0.2) is 4.79 Å². The first kappa shape index (κ1) is 12.6. The molecule has 0 aliphatic carbocycles. The lowest BCUT2D eigenvalue weighted by molar-refractivity contribution is 0.0696. The van der Waals surface area contributed by atoms with Crippen LogP contribution in [0, 0.1) is 13.8 Å². The van der Waals surface area contributed by atoms with Gasteiger partial charge in [-0.3, -0.25) is 0 Å². The molecule has 0 radical (unpaired) electrons. The molecule has 0 saturated heterocycles. The molecule has 0 spiro atoms. The van der Waals surface area contributed by atoms with Crippen LogP contribution in [0.5, 0.6) is 5.75 Å². The molecule has 0 unspecified atom stereocenters. The van der Waals surface area contributed by atoms with Gasteiger partial charge in [0.15, 0.2) is 0 Å². The number of phenolic OH excluding ortho intramolecular Hbond substituents is 1. The lowest BCUT2D eigenvalue weighted by Crippen LogP contribution is -2.14. The average molecular weight is 222 g/mol. The molecule has 0 saturated carbocycles. The van der Waals surface area contributed by atoms with Crippen LogP contribution in [0.1, 0.15) is 47.8 Å². The lowest BCUT2D eigenvalue weighted by atomic mass is 9.83. The van der Waals surface area contributed by atoms with E-state index in [1.54, 1.807) is 19.9 Å². The number of hydrogen-bond acceptors (Lipinski definition) is 2. The molecular formula is C13H18O3. The summed E-state index contributed by atoms with van der Waals surface area (Å²) in [5.41, 5.74) is 1.93. The topological polar surface area (TPSA) is 57.5 Å². The van der Waals surface area contributed by atoms with Crippen LogP contribution in [0.2, 0.25) is 0 Å². The number of carboxylic acid groups (broad SMARTS) is 1. The molecule has 2 N–H and O–H groups in total. The summed E-state index contributed by atoms with van der Waals surface area (Å²) in [6, 6.07) is 1.57. The lowest BCUT2D eigenvalue weighted by Gasteiger charge is -2.23. The minimum absolute atomic E-state index is 0.204. The van der Waals surface area contributed by atoms with Gasteiger partial charge in [-0.05, 0) is 36.5 Å². The highest BCUT2D eigenvalue weighted by molar-refractivity contribution is 5.90. The molecule has 0 heterocycles. The molecule has 0 atom stereocenters. The van der Waals surface area contributed by atoms with Gasteiger partial charge in [0.25, 0.3) is 0 Å². The first-order valence-electron chi connectivity index (χ1n) is 5.23. The molecule has 3 heteroatoms. The van der Waals surface area contributed by atoms with Crippen molar-refractivity contribution in [3.63, 3.8) is 0 Å². The molecular weight excluding hydrogens is 204 g/mol. The van der Waals surface area contributed by atoms with Gasteiger partial charge in [0, 0.05) is 5.56 Å². The zero-order valence-electron chi connectivity index (χ0n) is 10.4.